The number of nitrogens with one attached hydrogen (secondary N) is 1. The van der Waals surface area contributed by atoms with Gasteiger partial charge in [-0.15, -0.1) is 0 Å². The Bertz CT molecular complexity index is 451. The van der Waals surface area contributed by atoms with Crippen LogP contribution in [0.2, 0.25) is 10.0 Å². The number of amides is 1. The molecule has 18 heavy (non-hydrogen) atoms. The third-order valence-corrected chi connectivity index (χ3v) is 3.87. The van der Waals surface area contributed by atoms with E-state index in [4.69, 9.17) is 28.9 Å². The number of nitrogens with two attached hydrogens (primary N) is 1. The standard InChI is InChI=1S/C13H16Cl2N2O/c14-8-5-6-10(15)9(7-8)13(18)17-12-4-2-1-3-11(12)16/h5-7,11-12H,1-4,16H2,(H,17,18)/t11-,12-/m1/s1. The van der Waals surface area contributed by atoms with Crippen LogP contribution in [0, 0.1) is 0 Å². The van der Waals surface area contributed by atoms with Gasteiger partial charge in [0.2, 0.25) is 0 Å². The molecule has 0 radical (unpaired) electrons. The molecule has 0 heterocycles. The lowest BCUT2D eigenvalue weighted by Gasteiger charge is -2.29. The first-order valence-electron chi connectivity index (χ1n) is 6.09. The summed E-state index contributed by atoms with van der Waals surface area (Å²) in [4.78, 5) is 12.1. The van der Waals surface area contributed by atoms with Crippen LogP contribution in [-0.2, 0) is 0 Å². The van der Waals surface area contributed by atoms with Gasteiger partial charge in [0.1, 0.15) is 0 Å². The molecule has 0 aliphatic heterocycles. The summed E-state index contributed by atoms with van der Waals surface area (Å²) >= 11 is 11.9. The second-order valence-electron chi connectivity index (χ2n) is 4.65. The summed E-state index contributed by atoms with van der Waals surface area (Å²) in [5.41, 5.74) is 6.40. The SMILES string of the molecule is N[C@@H]1CCCC[C@H]1NC(=O)c1cc(Cl)ccc1Cl. The van der Waals surface area contributed by atoms with Crippen LogP contribution in [0.5, 0.6) is 0 Å². The molecule has 98 valence electrons. The number of carbonyl (C=O) groups is 1. The number of carbonyl (C=O) groups excluding carboxylic acids is 1. The predicted octanol–water partition coefficient (Wildman–Crippen LogP) is 2.99. The van der Waals surface area contributed by atoms with Gasteiger partial charge in [0.15, 0.2) is 0 Å². The summed E-state index contributed by atoms with van der Waals surface area (Å²) in [5.74, 6) is -0.204. The van der Waals surface area contributed by atoms with E-state index in [1.54, 1.807) is 18.2 Å². The van der Waals surface area contributed by atoms with E-state index in [1.807, 2.05) is 0 Å². The minimum atomic E-state index is -0.204. The molecule has 0 unspecified atom stereocenters. The zero-order valence-electron chi connectivity index (χ0n) is 9.96. The maximum Gasteiger partial charge on any atom is 0.253 e. The van der Waals surface area contributed by atoms with E-state index in [9.17, 15) is 4.79 Å². The second kappa shape index (κ2) is 5.91. The summed E-state index contributed by atoms with van der Waals surface area (Å²) < 4.78 is 0. The molecule has 0 saturated heterocycles. The number of rotatable bonds is 2. The van der Waals surface area contributed by atoms with Crippen molar-refractivity contribution >= 4 is 29.1 Å². The van der Waals surface area contributed by atoms with Crippen LogP contribution in [0.15, 0.2) is 18.2 Å². The number of hydrogen-bond acceptors (Lipinski definition) is 2. The molecule has 1 aromatic rings. The molecule has 2 atom stereocenters. The maximum absolute atomic E-state index is 12.1. The minimum Gasteiger partial charge on any atom is -0.348 e. The van der Waals surface area contributed by atoms with Gasteiger partial charge in [-0.3, -0.25) is 4.79 Å². The quantitative estimate of drug-likeness (QED) is 0.878. The van der Waals surface area contributed by atoms with Gasteiger partial charge >= 0.3 is 0 Å². The van der Waals surface area contributed by atoms with Crippen molar-refractivity contribution < 1.29 is 4.79 Å². The summed E-state index contributed by atoms with van der Waals surface area (Å²) in [6, 6.07) is 4.92. The smallest absolute Gasteiger partial charge is 0.253 e. The Labute approximate surface area is 117 Å². The average molecular weight is 287 g/mol. The van der Waals surface area contributed by atoms with Crippen molar-refractivity contribution in [2.75, 3.05) is 0 Å². The van der Waals surface area contributed by atoms with Crippen molar-refractivity contribution in [2.45, 2.75) is 37.8 Å². The molecule has 1 aromatic carbocycles. The van der Waals surface area contributed by atoms with Crippen LogP contribution < -0.4 is 11.1 Å². The number of benzene rings is 1. The van der Waals surface area contributed by atoms with E-state index >= 15 is 0 Å². The van der Waals surface area contributed by atoms with E-state index in [2.05, 4.69) is 5.32 Å². The molecular weight excluding hydrogens is 271 g/mol. The Morgan fingerprint density at radius 1 is 1.28 bits per heavy atom. The van der Waals surface area contributed by atoms with Gasteiger partial charge in [-0.25, -0.2) is 0 Å². The molecule has 2 rings (SSSR count). The van der Waals surface area contributed by atoms with Crippen LogP contribution in [0.4, 0.5) is 0 Å². The van der Waals surface area contributed by atoms with Crippen molar-refractivity contribution in [1.29, 1.82) is 0 Å². The third-order valence-electron chi connectivity index (χ3n) is 3.31. The molecule has 3 nitrogen and oxygen atoms in total. The van der Waals surface area contributed by atoms with Gasteiger partial charge < -0.3 is 11.1 Å². The molecule has 1 aliphatic carbocycles. The summed E-state index contributed by atoms with van der Waals surface area (Å²) in [5, 5.41) is 3.85. The summed E-state index contributed by atoms with van der Waals surface area (Å²) in [6.07, 6.45) is 4.10. The number of hydrogen-bond donors (Lipinski definition) is 2. The first-order chi connectivity index (χ1) is 8.58. The molecule has 1 fully saturated rings. The van der Waals surface area contributed by atoms with Crippen LogP contribution in [0.25, 0.3) is 0 Å². The normalized spacial score (nSPS) is 23.7. The van der Waals surface area contributed by atoms with Crippen LogP contribution in [0.3, 0.4) is 0 Å². The average Bonchev–Trinajstić information content (AvgIpc) is 2.35. The van der Waals surface area contributed by atoms with Crippen molar-refractivity contribution in [3.05, 3.63) is 33.8 Å². The Morgan fingerprint density at radius 3 is 2.72 bits per heavy atom. The molecule has 0 bridgehead atoms. The predicted molar refractivity (Wildman–Crippen MR) is 74.2 cm³/mol. The van der Waals surface area contributed by atoms with Gasteiger partial charge in [-0.05, 0) is 31.0 Å². The van der Waals surface area contributed by atoms with Crippen LogP contribution >= 0.6 is 23.2 Å². The topological polar surface area (TPSA) is 55.1 Å². The largest absolute Gasteiger partial charge is 0.348 e. The lowest BCUT2D eigenvalue weighted by Crippen LogP contribution is -2.49. The highest BCUT2D eigenvalue weighted by atomic mass is 35.5. The first kappa shape index (κ1) is 13.7. The molecule has 5 heteroatoms. The zero-order valence-corrected chi connectivity index (χ0v) is 11.5. The summed E-state index contributed by atoms with van der Waals surface area (Å²) in [6.45, 7) is 0. The molecule has 3 N–H and O–H groups in total. The number of halogens is 2. The van der Waals surface area contributed by atoms with Crippen molar-refractivity contribution in [2.24, 2.45) is 5.73 Å². The maximum atomic E-state index is 12.1. The Morgan fingerprint density at radius 2 is 2.00 bits per heavy atom. The second-order valence-corrected chi connectivity index (χ2v) is 5.50. The fourth-order valence-electron chi connectivity index (χ4n) is 2.26. The van der Waals surface area contributed by atoms with Crippen molar-refractivity contribution in [3.8, 4) is 0 Å². The Hall–Kier alpha value is -0.770. The van der Waals surface area contributed by atoms with E-state index in [-0.39, 0.29) is 18.0 Å². The monoisotopic (exact) mass is 286 g/mol. The van der Waals surface area contributed by atoms with Gasteiger partial charge in [0.05, 0.1) is 10.6 Å². The highest BCUT2D eigenvalue weighted by Gasteiger charge is 2.24. The van der Waals surface area contributed by atoms with E-state index < -0.39 is 0 Å². The molecule has 0 aromatic heterocycles. The molecule has 0 spiro atoms. The van der Waals surface area contributed by atoms with Crippen LogP contribution in [0.1, 0.15) is 36.0 Å². The summed E-state index contributed by atoms with van der Waals surface area (Å²) in [7, 11) is 0. The van der Waals surface area contributed by atoms with E-state index in [0.29, 0.717) is 15.6 Å². The van der Waals surface area contributed by atoms with Crippen molar-refractivity contribution in [1.82, 2.24) is 5.32 Å². The molecular formula is C13H16Cl2N2O. The minimum absolute atomic E-state index is 0.0284. The van der Waals surface area contributed by atoms with Crippen molar-refractivity contribution in [3.63, 3.8) is 0 Å². The lowest BCUT2D eigenvalue weighted by atomic mass is 9.91. The molecule has 1 saturated carbocycles. The Kier molecular flexibility index (Phi) is 4.49. The Balaban J connectivity index is 2.09. The fraction of sp³-hybridized carbons (Fsp3) is 0.462. The first-order valence-corrected chi connectivity index (χ1v) is 6.85. The van der Waals surface area contributed by atoms with Gasteiger partial charge in [-0.1, -0.05) is 36.0 Å². The molecule has 1 amide bonds. The highest BCUT2D eigenvalue weighted by Crippen LogP contribution is 2.22. The molecule has 1 aliphatic rings. The highest BCUT2D eigenvalue weighted by molar-refractivity contribution is 6.35. The van der Waals surface area contributed by atoms with E-state index in [1.165, 1.54) is 0 Å². The van der Waals surface area contributed by atoms with E-state index in [0.717, 1.165) is 25.7 Å². The van der Waals surface area contributed by atoms with Gasteiger partial charge in [-0.2, -0.15) is 0 Å². The van der Waals surface area contributed by atoms with Crippen LogP contribution in [-0.4, -0.2) is 18.0 Å². The third kappa shape index (κ3) is 3.16. The van der Waals surface area contributed by atoms with Gasteiger partial charge in [0.25, 0.3) is 5.91 Å². The van der Waals surface area contributed by atoms with Gasteiger partial charge in [0, 0.05) is 17.1 Å². The lowest BCUT2D eigenvalue weighted by molar-refractivity contribution is 0.0921. The fourth-order valence-corrected chi connectivity index (χ4v) is 2.63. The zero-order chi connectivity index (χ0) is 13.1.